The molecule has 1 unspecified atom stereocenters. The molecule has 2 heterocycles. The van der Waals surface area contributed by atoms with Crippen LogP contribution in [-0.2, 0) is 39.8 Å². The van der Waals surface area contributed by atoms with Crippen LogP contribution in [0, 0.1) is 0 Å². The Kier molecular flexibility index (Phi) is 19.4. The van der Waals surface area contributed by atoms with Crippen molar-refractivity contribution in [3.05, 3.63) is 41.7 Å². The van der Waals surface area contributed by atoms with Gasteiger partial charge in [-0.1, -0.05) is 0 Å². The molecule has 2 aromatic heterocycles. The second-order valence-electron chi connectivity index (χ2n) is 11.2. The molecule has 0 saturated heterocycles. The van der Waals surface area contributed by atoms with E-state index in [1.54, 1.807) is 42.2 Å². The van der Waals surface area contributed by atoms with E-state index in [1.165, 1.54) is 0 Å². The van der Waals surface area contributed by atoms with Crippen LogP contribution in [0.3, 0.4) is 0 Å². The van der Waals surface area contributed by atoms with Crippen molar-refractivity contribution in [3.8, 4) is 0 Å². The first kappa shape index (κ1) is 42.0. The van der Waals surface area contributed by atoms with E-state index in [1.807, 2.05) is 18.2 Å². The highest BCUT2D eigenvalue weighted by atomic mass is 32.2. The second kappa shape index (κ2) is 24.0. The van der Waals surface area contributed by atoms with Gasteiger partial charge >= 0.3 is 5.97 Å². The second-order valence-corrected chi connectivity index (χ2v) is 12.2. The maximum atomic E-state index is 12.8. The Labute approximate surface area is 306 Å². The molecule has 1 atom stereocenters. The SMILES string of the molecule is CSCCOCCOCCOCCOCCOCCNC(=O)CCC(NC(=O)c1ccc(N(C)Cc2cnc3nc(N)nc(N)c3n2)cc1)C(=O)O. The topological polar surface area (TPSA) is 248 Å². The van der Waals surface area contributed by atoms with Crippen molar-refractivity contribution in [1.82, 2.24) is 30.6 Å². The van der Waals surface area contributed by atoms with Crippen LogP contribution in [0.25, 0.3) is 11.2 Å². The van der Waals surface area contributed by atoms with Gasteiger partial charge in [-0.25, -0.2) is 14.8 Å². The van der Waals surface area contributed by atoms with Gasteiger partial charge in [0.2, 0.25) is 11.9 Å². The number of rotatable bonds is 27. The molecule has 0 radical (unpaired) electrons. The van der Waals surface area contributed by atoms with E-state index >= 15 is 0 Å². The Balaban J connectivity index is 1.25. The zero-order valence-corrected chi connectivity index (χ0v) is 30.4. The number of carbonyl (C=O) groups excluding carboxylic acids is 2. The zero-order chi connectivity index (χ0) is 37.6. The van der Waals surface area contributed by atoms with Crippen LogP contribution in [0.15, 0.2) is 30.5 Å². The van der Waals surface area contributed by atoms with Gasteiger partial charge in [-0.05, 0) is 36.9 Å². The van der Waals surface area contributed by atoms with Crippen molar-refractivity contribution in [2.24, 2.45) is 0 Å². The number of anilines is 3. The highest BCUT2D eigenvalue weighted by Gasteiger charge is 2.22. The molecule has 0 bridgehead atoms. The third-order valence-corrected chi connectivity index (χ3v) is 7.80. The van der Waals surface area contributed by atoms with Crippen molar-refractivity contribution in [2.45, 2.75) is 25.4 Å². The minimum absolute atomic E-state index is 0.0134. The number of amides is 2. The van der Waals surface area contributed by atoms with E-state index in [-0.39, 0.29) is 49.2 Å². The quantitative estimate of drug-likeness (QED) is 0.0675. The predicted octanol–water partition coefficient (Wildman–Crippen LogP) is 0.746. The number of carboxylic acids is 1. The summed E-state index contributed by atoms with van der Waals surface area (Å²) in [6.07, 6.45) is 3.42. The predicted molar refractivity (Wildman–Crippen MR) is 196 cm³/mol. The minimum Gasteiger partial charge on any atom is -0.480 e. The molecule has 1 aromatic carbocycles. The number of aromatic nitrogens is 4. The number of hydrogen-bond acceptors (Lipinski definition) is 16. The number of fused-ring (bicyclic) bond motifs is 1. The van der Waals surface area contributed by atoms with E-state index in [4.69, 9.17) is 35.2 Å². The molecule has 0 saturated carbocycles. The molecule has 0 spiro atoms. The number of carbonyl (C=O) groups is 3. The maximum absolute atomic E-state index is 12.8. The van der Waals surface area contributed by atoms with E-state index < -0.39 is 17.9 Å². The fourth-order valence-electron chi connectivity index (χ4n) is 4.51. The Morgan fingerprint density at radius 2 is 1.46 bits per heavy atom. The summed E-state index contributed by atoms with van der Waals surface area (Å²) in [6, 6.07) is 5.35. The molecule has 2 amide bonds. The van der Waals surface area contributed by atoms with Crippen LogP contribution in [0.5, 0.6) is 0 Å². The summed E-state index contributed by atoms with van der Waals surface area (Å²) >= 11 is 1.74. The number of nitrogen functional groups attached to an aromatic ring is 2. The lowest BCUT2D eigenvalue weighted by Gasteiger charge is -2.19. The van der Waals surface area contributed by atoms with Gasteiger partial charge in [0.15, 0.2) is 17.0 Å². The van der Waals surface area contributed by atoms with Crippen molar-refractivity contribution in [3.63, 3.8) is 0 Å². The van der Waals surface area contributed by atoms with Crippen molar-refractivity contribution >= 4 is 58.2 Å². The highest BCUT2D eigenvalue weighted by molar-refractivity contribution is 7.98. The summed E-state index contributed by atoms with van der Waals surface area (Å²) in [5, 5.41) is 14.8. The molecule has 0 aliphatic heterocycles. The smallest absolute Gasteiger partial charge is 0.326 e. The van der Waals surface area contributed by atoms with Crippen molar-refractivity contribution < 1.29 is 43.2 Å². The van der Waals surface area contributed by atoms with Gasteiger partial charge in [-0.2, -0.15) is 21.7 Å². The number of carboxylic acid groups (broad SMARTS) is 1. The molecule has 18 nitrogen and oxygen atoms in total. The van der Waals surface area contributed by atoms with Gasteiger partial charge in [0.05, 0.1) is 84.5 Å². The van der Waals surface area contributed by atoms with Crippen LogP contribution in [0.4, 0.5) is 17.5 Å². The van der Waals surface area contributed by atoms with Crippen molar-refractivity contribution in [1.29, 1.82) is 0 Å². The number of aliphatic carboxylic acids is 1. The highest BCUT2D eigenvalue weighted by Crippen LogP contribution is 2.19. The summed E-state index contributed by atoms with van der Waals surface area (Å²) in [4.78, 5) is 55.5. The van der Waals surface area contributed by atoms with Gasteiger partial charge in [0.25, 0.3) is 5.91 Å². The average Bonchev–Trinajstić information content (AvgIpc) is 3.12. The Morgan fingerprint density at radius 1 is 0.865 bits per heavy atom. The van der Waals surface area contributed by atoms with Crippen LogP contribution < -0.4 is 27.0 Å². The molecular weight excluding hydrogens is 698 g/mol. The molecule has 7 N–H and O–H groups in total. The molecule has 19 heteroatoms. The summed E-state index contributed by atoms with van der Waals surface area (Å²) < 4.78 is 27.1. The fourth-order valence-corrected chi connectivity index (χ4v) is 4.79. The molecule has 0 fully saturated rings. The summed E-state index contributed by atoms with van der Waals surface area (Å²) in [7, 11) is 1.83. The van der Waals surface area contributed by atoms with Crippen LogP contribution in [0.2, 0.25) is 0 Å². The minimum atomic E-state index is -1.25. The van der Waals surface area contributed by atoms with Gasteiger partial charge in [-0.3, -0.25) is 9.59 Å². The van der Waals surface area contributed by atoms with E-state index in [9.17, 15) is 19.5 Å². The van der Waals surface area contributed by atoms with E-state index in [0.29, 0.717) is 76.3 Å². The lowest BCUT2D eigenvalue weighted by molar-refractivity contribution is -0.139. The molecule has 286 valence electrons. The Bertz CT molecular complexity index is 1540. The molecule has 3 rings (SSSR count). The lowest BCUT2D eigenvalue weighted by Crippen LogP contribution is -2.41. The molecule has 52 heavy (non-hydrogen) atoms. The van der Waals surface area contributed by atoms with E-state index in [2.05, 4.69) is 30.6 Å². The first-order valence-corrected chi connectivity index (χ1v) is 18.1. The lowest BCUT2D eigenvalue weighted by atomic mass is 10.1. The van der Waals surface area contributed by atoms with Crippen LogP contribution in [-0.4, -0.2) is 141 Å². The van der Waals surface area contributed by atoms with E-state index in [0.717, 1.165) is 18.0 Å². The third kappa shape index (κ3) is 15.9. The van der Waals surface area contributed by atoms with Gasteiger partial charge in [0, 0.05) is 37.0 Å². The normalized spacial score (nSPS) is 11.7. The first-order valence-electron chi connectivity index (χ1n) is 16.7. The van der Waals surface area contributed by atoms with Crippen LogP contribution in [0.1, 0.15) is 28.9 Å². The number of nitrogens with two attached hydrogens (primary N) is 2. The Hall–Kier alpha value is -4.40. The first-order chi connectivity index (χ1) is 25.2. The molecule has 0 aliphatic carbocycles. The molecule has 0 aliphatic rings. The summed E-state index contributed by atoms with van der Waals surface area (Å²) in [6.45, 7) is 5.31. The fraction of sp³-hybridized carbons (Fsp3) is 0.545. The monoisotopic (exact) mass is 747 g/mol. The molecular formula is C33H49N9O9S. The zero-order valence-electron chi connectivity index (χ0n) is 29.6. The number of nitrogens with zero attached hydrogens (tertiary/aromatic N) is 5. The van der Waals surface area contributed by atoms with Crippen molar-refractivity contribution in [2.75, 3.05) is 108 Å². The van der Waals surface area contributed by atoms with Gasteiger partial charge < -0.3 is 55.8 Å². The van der Waals surface area contributed by atoms with Crippen LogP contribution >= 0.6 is 11.8 Å². The maximum Gasteiger partial charge on any atom is 0.326 e. The average molecular weight is 748 g/mol. The standard InChI is InChI=1S/C33H49N9O9S/c1-42(22-24-21-37-30-28(38-24)29(34)40-33(35)41-30)25-5-3-23(4-6-25)31(44)39-26(32(45)46)7-8-27(43)36-9-10-47-11-12-48-13-14-49-15-16-50-17-18-51-19-20-52-2/h3-6,21,26H,7-20,22H2,1-2H3,(H,36,43)(H,39,44)(H,45,46)(H4,34,35,37,40,41). The number of ether oxygens (including phenoxy) is 5. The number of thioether (sulfide) groups is 1. The number of nitrogens with one attached hydrogen (secondary N) is 2. The van der Waals surface area contributed by atoms with Gasteiger partial charge in [-0.15, -0.1) is 0 Å². The summed E-state index contributed by atoms with van der Waals surface area (Å²) in [5.41, 5.74) is 13.8. The Morgan fingerprint density at radius 3 is 2.06 bits per heavy atom. The summed E-state index contributed by atoms with van der Waals surface area (Å²) in [5.74, 6) is -1.05. The third-order valence-electron chi connectivity index (χ3n) is 7.22. The number of benzene rings is 1. The van der Waals surface area contributed by atoms with Gasteiger partial charge in [0.1, 0.15) is 6.04 Å². The largest absolute Gasteiger partial charge is 0.480 e. The number of hydrogen-bond donors (Lipinski definition) is 5. The molecule has 3 aromatic rings.